The molecule has 0 saturated heterocycles. The maximum Gasteiger partial charge on any atom is 0.336 e. The summed E-state index contributed by atoms with van der Waals surface area (Å²) in [5, 5.41) is 40.8. The molecule has 8 rings (SSSR count). The molecule has 3 aliphatic rings. The number of nitrogens with one attached hydrogen (secondary N) is 4. The minimum absolute atomic E-state index is 0.00552. The van der Waals surface area contributed by atoms with Crippen molar-refractivity contribution in [3.8, 4) is 33.9 Å². The molecule has 0 fully saturated rings. The molecule has 5 aromatic rings. The molecule has 17 heteroatoms. The first-order chi connectivity index (χ1) is 36.0. The standard InChI is InChI=1S/C58H59N5O12/c1-33-9-8-10-34(2)74-53(68)31-48(35-15-18-38(64)19-16-35)62-56(70)49(28-37-32-60-46-12-5-4-11-41(37)46)63(3)57(71)47(61-52(67)25-14-33)13-6-7-26-59-55(69)36-17-22-42(45(27-36)58(72)73)54-43-23-20-39(65)29-50(43)75-51-30-40(66)21-24-44(51)54/h4-5,9,11-12,15-24,27,29-30,32,34,47-49,60,64-65H,6-8,10,13-14,25-26,28,31H2,1-3H3,(H,59,69)(H,61,67)(H,62,70)(H,72,73)/b33-9+/t34-,47-,48+,49+/m0/s1. The Morgan fingerprint density at radius 1 is 0.827 bits per heavy atom. The van der Waals surface area contributed by atoms with E-state index in [1.165, 1.54) is 72.6 Å². The van der Waals surface area contributed by atoms with Gasteiger partial charge in [0.05, 0.1) is 24.1 Å². The van der Waals surface area contributed by atoms with E-state index in [4.69, 9.17) is 9.15 Å². The van der Waals surface area contributed by atoms with Crippen LogP contribution in [0.25, 0.3) is 44.3 Å². The number of amides is 4. The number of nitrogens with zero attached hydrogens (tertiary/aromatic N) is 1. The Morgan fingerprint density at radius 2 is 1.59 bits per heavy atom. The predicted octanol–water partition coefficient (Wildman–Crippen LogP) is 8.31. The average molecular weight is 1020 g/mol. The van der Waals surface area contributed by atoms with Crippen LogP contribution < -0.4 is 21.4 Å². The molecule has 0 bridgehead atoms. The number of esters is 1. The smallest absolute Gasteiger partial charge is 0.336 e. The minimum Gasteiger partial charge on any atom is -0.508 e. The molecule has 3 heterocycles. The molecular weight excluding hydrogens is 959 g/mol. The van der Waals surface area contributed by atoms with Crippen molar-refractivity contribution in [2.24, 2.45) is 0 Å². The van der Waals surface area contributed by atoms with Gasteiger partial charge in [0.25, 0.3) is 5.91 Å². The fourth-order valence-corrected chi connectivity index (χ4v) is 9.55. The van der Waals surface area contributed by atoms with E-state index in [0.29, 0.717) is 54.2 Å². The third-order valence-electron chi connectivity index (χ3n) is 13.6. The number of cyclic esters (lactones) is 1. The summed E-state index contributed by atoms with van der Waals surface area (Å²) < 4.78 is 11.7. The Balaban J connectivity index is 1.02. The number of fused-ring (bicyclic) bond motifs is 3. The van der Waals surface area contributed by atoms with Crippen LogP contribution in [0, 0.1) is 0 Å². The second kappa shape index (κ2) is 23.4. The molecule has 0 unspecified atom stereocenters. The number of aromatic hydroxyl groups is 2. The van der Waals surface area contributed by atoms with Crippen molar-refractivity contribution in [3.05, 3.63) is 153 Å². The number of carbonyl (C=O) groups excluding carboxylic acids is 5. The lowest BCUT2D eigenvalue weighted by Crippen LogP contribution is -2.55. The molecule has 2 aliphatic heterocycles. The quantitative estimate of drug-likeness (QED) is 0.0279. The van der Waals surface area contributed by atoms with E-state index >= 15 is 0 Å². The zero-order valence-electron chi connectivity index (χ0n) is 41.8. The second-order valence-electron chi connectivity index (χ2n) is 19.1. The van der Waals surface area contributed by atoms with Gasteiger partial charge in [-0.25, -0.2) is 4.79 Å². The van der Waals surface area contributed by atoms with E-state index in [1.54, 1.807) is 31.3 Å². The predicted molar refractivity (Wildman–Crippen MR) is 281 cm³/mol. The monoisotopic (exact) mass is 1020 g/mol. The number of aromatic nitrogens is 1. The number of carbonyl (C=O) groups is 6. The Morgan fingerprint density at radius 3 is 2.37 bits per heavy atom. The summed E-state index contributed by atoms with van der Waals surface area (Å²) in [5.74, 6) is -3.80. The highest BCUT2D eigenvalue weighted by Crippen LogP contribution is 2.42. The highest BCUT2D eigenvalue weighted by molar-refractivity contribution is 6.09. The molecule has 0 spiro atoms. The van der Waals surface area contributed by atoms with Gasteiger partial charge in [0.1, 0.15) is 34.9 Å². The number of aromatic carboxylic acids is 1. The summed E-state index contributed by atoms with van der Waals surface area (Å²) in [6.45, 7) is 3.82. The zero-order valence-corrected chi connectivity index (χ0v) is 41.8. The lowest BCUT2D eigenvalue weighted by Gasteiger charge is -2.32. The van der Waals surface area contributed by atoms with Crippen LogP contribution >= 0.6 is 0 Å². The maximum absolute atomic E-state index is 14.8. The van der Waals surface area contributed by atoms with Crippen molar-refractivity contribution >= 4 is 57.4 Å². The third-order valence-corrected chi connectivity index (χ3v) is 13.6. The number of aromatic amines is 1. The van der Waals surface area contributed by atoms with Gasteiger partial charge in [-0.15, -0.1) is 0 Å². The van der Waals surface area contributed by atoms with Gasteiger partial charge < -0.3 is 50.3 Å². The van der Waals surface area contributed by atoms with Gasteiger partial charge in [-0.2, -0.15) is 0 Å². The number of ether oxygens (including phenoxy) is 1. The Bertz CT molecular complexity index is 3340. The maximum atomic E-state index is 14.8. The number of benzene rings is 5. The minimum atomic E-state index is -1.31. The van der Waals surface area contributed by atoms with E-state index in [9.17, 15) is 48.9 Å². The molecule has 17 nitrogen and oxygen atoms in total. The number of hydrogen-bond acceptors (Lipinski definition) is 11. The van der Waals surface area contributed by atoms with Crippen molar-refractivity contribution in [1.29, 1.82) is 0 Å². The van der Waals surface area contributed by atoms with Crippen LogP contribution in [0.3, 0.4) is 0 Å². The molecule has 1 aromatic heterocycles. The van der Waals surface area contributed by atoms with E-state index in [2.05, 4.69) is 20.9 Å². The SMILES string of the molecule is C/C1=C\CC[C@H](C)OC(=O)C[C@H](c2ccc(O)cc2)NC(=O)[C@@H](Cc2c[nH]c3ccccc23)N(C)C(=O)[C@H](CCCCNC(=O)c2ccc(-c3c4ccc(=O)cc-4oc4cc(O)ccc34)c(C(=O)O)c2)NC(=O)CC1. The summed E-state index contributed by atoms with van der Waals surface area (Å²) in [6.07, 6.45) is 5.58. The number of para-hydroxylation sites is 1. The summed E-state index contributed by atoms with van der Waals surface area (Å²) in [7, 11) is 1.50. The number of phenolic OH excluding ortho intramolecular Hbond substituents is 2. The van der Waals surface area contributed by atoms with Crippen molar-refractivity contribution in [3.63, 3.8) is 0 Å². The first kappa shape index (κ1) is 52.6. The Kier molecular flexibility index (Phi) is 16.4. The van der Waals surface area contributed by atoms with Gasteiger partial charge in [-0.05, 0) is 124 Å². The molecule has 0 radical (unpaired) electrons. The highest BCUT2D eigenvalue weighted by atomic mass is 16.5. The molecular formula is C58H59N5O12. The number of unbranched alkanes of at least 4 members (excludes halogenated alkanes) is 1. The summed E-state index contributed by atoms with van der Waals surface area (Å²) >= 11 is 0. The molecule has 1 aliphatic carbocycles. The number of allylic oxidation sites excluding steroid dienone is 2. The number of carboxylic acids is 1. The lowest BCUT2D eigenvalue weighted by atomic mass is 9.90. The molecule has 7 N–H and O–H groups in total. The van der Waals surface area contributed by atoms with Gasteiger partial charge in [-0.1, -0.05) is 48.0 Å². The van der Waals surface area contributed by atoms with E-state index in [0.717, 1.165) is 22.0 Å². The number of phenols is 2. The van der Waals surface area contributed by atoms with Gasteiger partial charge in [0.15, 0.2) is 5.43 Å². The van der Waals surface area contributed by atoms with Gasteiger partial charge >= 0.3 is 11.9 Å². The first-order valence-electron chi connectivity index (χ1n) is 24.9. The van der Waals surface area contributed by atoms with E-state index < -0.39 is 53.9 Å². The van der Waals surface area contributed by atoms with E-state index in [1.807, 2.05) is 37.3 Å². The van der Waals surface area contributed by atoms with Gasteiger partial charge in [-0.3, -0.25) is 28.8 Å². The fraction of sp³-hybridized carbons (Fsp3) is 0.293. The number of carboxylic acid groups (broad SMARTS) is 1. The van der Waals surface area contributed by atoms with Crippen LogP contribution in [0.2, 0.25) is 0 Å². The van der Waals surface area contributed by atoms with Crippen molar-refractivity contribution in [2.75, 3.05) is 13.6 Å². The van der Waals surface area contributed by atoms with Crippen LogP contribution in [-0.4, -0.2) is 92.6 Å². The third kappa shape index (κ3) is 12.7. The number of H-pyrrole nitrogens is 1. The van der Waals surface area contributed by atoms with Crippen molar-refractivity contribution in [1.82, 2.24) is 25.8 Å². The van der Waals surface area contributed by atoms with Crippen LogP contribution in [-0.2, 0) is 30.3 Å². The normalized spacial score (nSPS) is 19.3. The lowest BCUT2D eigenvalue weighted by molar-refractivity contribution is -0.149. The summed E-state index contributed by atoms with van der Waals surface area (Å²) in [4.78, 5) is 100. The summed E-state index contributed by atoms with van der Waals surface area (Å²) in [6, 6.07) is 23.4. The molecule has 0 saturated carbocycles. The number of likely N-dealkylation sites (N-methyl/N-ethyl adjacent to an activating group) is 1. The molecule has 4 amide bonds. The van der Waals surface area contributed by atoms with E-state index in [-0.39, 0.29) is 83.1 Å². The van der Waals surface area contributed by atoms with Crippen molar-refractivity contribution < 1.29 is 53.2 Å². The zero-order chi connectivity index (χ0) is 53.3. The van der Waals surface area contributed by atoms with Crippen LogP contribution in [0.1, 0.15) is 103 Å². The largest absolute Gasteiger partial charge is 0.508 e. The summed E-state index contributed by atoms with van der Waals surface area (Å²) in [5.41, 5.74) is 3.96. The highest BCUT2D eigenvalue weighted by Gasteiger charge is 2.35. The van der Waals surface area contributed by atoms with Crippen LogP contribution in [0.5, 0.6) is 11.5 Å². The molecule has 75 heavy (non-hydrogen) atoms. The Labute approximate surface area is 431 Å². The molecule has 4 aromatic carbocycles. The molecule has 388 valence electrons. The van der Waals surface area contributed by atoms with Gasteiger partial charge in [0, 0.05) is 77.7 Å². The Hall–Kier alpha value is -8.73. The van der Waals surface area contributed by atoms with Gasteiger partial charge in [0.2, 0.25) is 17.7 Å². The first-order valence-corrected chi connectivity index (χ1v) is 24.9. The van der Waals surface area contributed by atoms with Crippen LogP contribution in [0.4, 0.5) is 0 Å². The topological polar surface area (TPSA) is 258 Å². The fourth-order valence-electron chi connectivity index (χ4n) is 9.55. The second-order valence-corrected chi connectivity index (χ2v) is 19.1. The average Bonchev–Trinajstić information content (AvgIpc) is 3.80. The number of hydrogen-bond donors (Lipinski definition) is 7. The van der Waals surface area contributed by atoms with Crippen LogP contribution in [0.15, 0.2) is 130 Å². The molecule has 4 atom stereocenters. The van der Waals surface area contributed by atoms with Crippen molar-refractivity contribution in [2.45, 2.75) is 95.9 Å². The number of rotatable bonds is 11.